The normalized spacial score (nSPS) is 26.0. The second kappa shape index (κ2) is 4.81. The van der Waals surface area contributed by atoms with Crippen LogP contribution >= 0.6 is 0 Å². The van der Waals surface area contributed by atoms with Gasteiger partial charge in [-0.25, -0.2) is 0 Å². The van der Waals surface area contributed by atoms with Crippen LogP contribution in [0.2, 0.25) is 0 Å². The Hall–Kier alpha value is -0.120. The molecule has 1 aliphatic heterocycles. The van der Waals surface area contributed by atoms with Crippen LogP contribution in [-0.2, 0) is 0 Å². The van der Waals surface area contributed by atoms with Gasteiger partial charge in [0, 0.05) is 13.1 Å². The highest BCUT2D eigenvalue weighted by Gasteiger charge is 2.48. The maximum atomic E-state index is 10.0. The summed E-state index contributed by atoms with van der Waals surface area (Å²) >= 11 is 0. The van der Waals surface area contributed by atoms with Crippen LogP contribution in [0.3, 0.4) is 0 Å². The zero-order valence-electron chi connectivity index (χ0n) is 9.62. The van der Waals surface area contributed by atoms with E-state index in [1.54, 1.807) is 0 Å². The second-order valence-electron chi connectivity index (χ2n) is 5.34. The minimum Gasteiger partial charge on any atom is -0.378 e. The minimum absolute atomic E-state index is 0.192. The Kier molecular flexibility index (Phi) is 3.65. The van der Waals surface area contributed by atoms with Gasteiger partial charge < -0.3 is 10.8 Å². The van der Waals surface area contributed by atoms with E-state index in [0.717, 1.165) is 45.3 Å². The predicted molar refractivity (Wildman–Crippen MR) is 61.4 cm³/mol. The standard InChI is InChI=1S/C12H24N2O/c13-8-3-1-2-4-11(15)14-9-7-12(10-14)5-6-12/h11,15H,1-10,13H2. The first kappa shape index (κ1) is 11.4. The summed E-state index contributed by atoms with van der Waals surface area (Å²) in [7, 11) is 0. The third kappa shape index (κ3) is 2.92. The fourth-order valence-corrected chi connectivity index (χ4v) is 2.64. The van der Waals surface area contributed by atoms with Crippen molar-refractivity contribution in [2.75, 3.05) is 19.6 Å². The minimum atomic E-state index is -0.192. The van der Waals surface area contributed by atoms with E-state index in [4.69, 9.17) is 5.73 Å². The van der Waals surface area contributed by atoms with E-state index in [2.05, 4.69) is 4.90 Å². The average molecular weight is 212 g/mol. The summed E-state index contributed by atoms with van der Waals surface area (Å²) in [4.78, 5) is 2.27. The summed E-state index contributed by atoms with van der Waals surface area (Å²) < 4.78 is 0. The summed E-state index contributed by atoms with van der Waals surface area (Å²) in [6.07, 6.45) is 8.20. The third-order valence-electron chi connectivity index (χ3n) is 4.01. The van der Waals surface area contributed by atoms with E-state index in [1.807, 2.05) is 0 Å². The van der Waals surface area contributed by atoms with Gasteiger partial charge >= 0.3 is 0 Å². The smallest absolute Gasteiger partial charge is 0.107 e. The fraction of sp³-hybridized carbons (Fsp3) is 1.00. The molecule has 3 N–H and O–H groups in total. The molecule has 1 aliphatic carbocycles. The lowest BCUT2D eigenvalue weighted by Gasteiger charge is -2.22. The molecule has 2 aliphatic rings. The van der Waals surface area contributed by atoms with Crippen molar-refractivity contribution in [3.05, 3.63) is 0 Å². The Labute approximate surface area is 92.6 Å². The fourth-order valence-electron chi connectivity index (χ4n) is 2.64. The Bertz CT molecular complexity index is 204. The van der Waals surface area contributed by atoms with Crippen LogP contribution < -0.4 is 5.73 Å². The summed E-state index contributed by atoms with van der Waals surface area (Å²) in [5, 5.41) is 10.0. The van der Waals surface area contributed by atoms with E-state index >= 15 is 0 Å². The SMILES string of the molecule is NCCCCCC(O)N1CCC2(CC2)C1. The van der Waals surface area contributed by atoms with E-state index in [-0.39, 0.29) is 6.23 Å². The Balaban J connectivity index is 1.61. The van der Waals surface area contributed by atoms with E-state index in [0.29, 0.717) is 5.41 Å². The average Bonchev–Trinajstić information content (AvgIpc) is 2.84. The zero-order valence-corrected chi connectivity index (χ0v) is 9.62. The first-order valence-corrected chi connectivity index (χ1v) is 6.38. The van der Waals surface area contributed by atoms with Gasteiger partial charge in [-0.05, 0) is 50.5 Å². The maximum absolute atomic E-state index is 10.0. The van der Waals surface area contributed by atoms with Crippen LogP contribution in [0.15, 0.2) is 0 Å². The number of likely N-dealkylation sites (tertiary alicyclic amines) is 1. The number of hydrogen-bond acceptors (Lipinski definition) is 3. The van der Waals surface area contributed by atoms with Gasteiger partial charge in [0.2, 0.25) is 0 Å². The van der Waals surface area contributed by atoms with Crippen molar-refractivity contribution >= 4 is 0 Å². The molecule has 0 radical (unpaired) electrons. The highest BCUT2D eigenvalue weighted by Crippen LogP contribution is 2.52. The van der Waals surface area contributed by atoms with Crippen LogP contribution in [-0.4, -0.2) is 35.9 Å². The van der Waals surface area contributed by atoms with Crippen molar-refractivity contribution in [1.29, 1.82) is 0 Å². The summed E-state index contributed by atoms with van der Waals surface area (Å²) in [5.41, 5.74) is 6.08. The molecule has 2 rings (SSSR count). The van der Waals surface area contributed by atoms with Gasteiger partial charge in [0.15, 0.2) is 0 Å². The van der Waals surface area contributed by atoms with Crippen LogP contribution in [0.4, 0.5) is 0 Å². The van der Waals surface area contributed by atoms with Gasteiger partial charge in [-0.3, -0.25) is 4.90 Å². The van der Waals surface area contributed by atoms with E-state index < -0.39 is 0 Å². The monoisotopic (exact) mass is 212 g/mol. The molecule has 0 amide bonds. The summed E-state index contributed by atoms with van der Waals surface area (Å²) in [6, 6.07) is 0. The number of nitrogens with two attached hydrogens (primary N) is 1. The summed E-state index contributed by atoms with van der Waals surface area (Å²) in [5.74, 6) is 0. The molecule has 1 spiro atoms. The molecule has 3 heteroatoms. The lowest BCUT2D eigenvalue weighted by molar-refractivity contribution is 0.00882. The van der Waals surface area contributed by atoms with E-state index in [9.17, 15) is 5.11 Å². The van der Waals surface area contributed by atoms with Crippen LogP contribution in [0.1, 0.15) is 44.9 Å². The third-order valence-corrected chi connectivity index (χ3v) is 4.01. The molecule has 1 saturated carbocycles. The zero-order chi connectivity index (χ0) is 10.7. The molecule has 2 fully saturated rings. The first-order valence-electron chi connectivity index (χ1n) is 6.38. The van der Waals surface area contributed by atoms with Crippen molar-refractivity contribution in [2.24, 2.45) is 11.1 Å². The number of nitrogens with zero attached hydrogens (tertiary/aromatic N) is 1. The molecular formula is C12H24N2O. The molecule has 1 heterocycles. The molecule has 1 saturated heterocycles. The quantitative estimate of drug-likeness (QED) is 0.653. The van der Waals surface area contributed by atoms with Gasteiger partial charge in [0.05, 0.1) is 0 Å². The number of hydrogen-bond donors (Lipinski definition) is 2. The number of aliphatic hydroxyl groups is 1. The molecular weight excluding hydrogens is 188 g/mol. The van der Waals surface area contributed by atoms with Crippen LogP contribution in [0, 0.1) is 5.41 Å². The van der Waals surface area contributed by atoms with Crippen molar-refractivity contribution in [3.8, 4) is 0 Å². The first-order chi connectivity index (χ1) is 7.26. The number of rotatable bonds is 6. The van der Waals surface area contributed by atoms with Crippen molar-refractivity contribution < 1.29 is 5.11 Å². The van der Waals surface area contributed by atoms with Gasteiger partial charge in [-0.1, -0.05) is 6.42 Å². The topological polar surface area (TPSA) is 49.5 Å². The predicted octanol–water partition coefficient (Wildman–Crippen LogP) is 1.31. The van der Waals surface area contributed by atoms with Gasteiger partial charge in [-0.2, -0.15) is 0 Å². The van der Waals surface area contributed by atoms with Crippen LogP contribution in [0.25, 0.3) is 0 Å². The van der Waals surface area contributed by atoms with Crippen molar-refractivity contribution in [2.45, 2.75) is 51.2 Å². The lowest BCUT2D eigenvalue weighted by atomic mass is 10.1. The molecule has 1 atom stereocenters. The molecule has 0 aromatic heterocycles. The molecule has 3 nitrogen and oxygen atoms in total. The van der Waals surface area contributed by atoms with E-state index in [1.165, 1.54) is 19.3 Å². The number of unbranched alkanes of at least 4 members (excludes halogenated alkanes) is 2. The molecule has 15 heavy (non-hydrogen) atoms. The van der Waals surface area contributed by atoms with Gasteiger partial charge in [0.1, 0.15) is 6.23 Å². The largest absolute Gasteiger partial charge is 0.378 e. The molecule has 0 bridgehead atoms. The molecule has 1 unspecified atom stereocenters. The highest BCUT2D eigenvalue weighted by atomic mass is 16.3. The molecule has 0 aromatic rings. The van der Waals surface area contributed by atoms with Crippen molar-refractivity contribution in [1.82, 2.24) is 4.90 Å². The lowest BCUT2D eigenvalue weighted by Crippen LogP contribution is -2.33. The Morgan fingerprint density at radius 2 is 2.00 bits per heavy atom. The summed E-state index contributed by atoms with van der Waals surface area (Å²) in [6.45, 7) is 3.03. The Morgan fingerprint density at radius 1 is 1.20 bits per heavy atom. The van der Waals surface area contributed by atoms with Gasteiger partial charge in [-0.15, -0.1) is 0 Å². The Morgan fingerprint density at radius 3 is 2.60 bits per heavy atom. The van der Waals surface area contributed by atoms with Crippen LogP contribution in [0.5, 0.6) is 0 Å². The van der Waals surface area contributed by atoms with Crippen molar-refractivity contribution in [3.63, 3.8) is 0 Å². The molecule has 0 aromatic carbocycles. The highest BCUT2D eigenvalue weighted by molar-refractivity contribution is 5.00. The number of aliphatic hydroxyl groups excluding tert-OH is 1. The van der Waals surface area contributed by atoms with Gasteiger partial charge in [0.25, 0.3) is 0 Å². The molecule has 88 valence electrons. The maximum Gasteiger partial charge on any atom is 0.107 e. The second-order valence-corrected chi connectivity index (χ2v) is 5.34.